The summed E-state index contributed by atoms with van der Waals surface area (Å²) in [5.41, 5.74) is 17.9. The molecule has 3 nitrogen and oxygen atoms in total. The average molecular weight is 855 g/mol. The van der Waals surface area contributed by atoms with Gasteiger partial charge in [-0.25, -0.2) is 0 Å². The van der Waals surface area contributed by atoms with Crippen LogP contribution in [0.5, 0.6) is 0 Å². The van der Waals surface area contributed by atoms with Gasteiger partial charge in [-0.3, -0.25) is 0 Å². The summed E-state index contributed by atoms with van der Waals surface area (Å²) in [5.74, 6) is 0. The fourth-order valence-electron chi connectivity index (χ4n) is 10.1. The molecule has 0 aliphatic rings. The standard InChI is InChI=1S/C64H42N2O/c1-3-14-43(15-4-1)45-26-32-52(33-27-45)66-61-24-11-9-22-56(61)59-41-48(30-36-62(59)66)47-29-35-55(58(40-47)50-31-37-64-60(42-50)57-23-10-12-25-63(57)67-64)49-18-13-21-53(39-49)65(51-19-5-2-6-20-51)54-34-28-44-16-7-8-17-46(44)38-54/h1-42H. The minimum atomic E-state index is 0.884. The van der Waals surface area contributed by atoms with E-state index in [2.05, 4.69) is 252 Å². The van der Waals surface area contributed by atoms with E-state index in [1.807, 2.05) is 12.1 Å². The summed E-state index contributed by atoms with van der Waals surface area (Å²) in [6, 6.07) is 92.1. The van der Waals surface area contributed by atoms with Gasteiger partial charge in [0.2, 0.25) is 0 Å². The minimum absolute atomic E-state index is 0.884. The third-order valence-electron chi connectivity index (χ3n) is 13.4. The molecule has 0 spiro atoms. The maximum absolute atomic E-state index is 6.33. The minimum Gasteiger partial charge on any atom is -0.456 e. The van der Waals surface area contributed by atoms with Gasteiger partial charge in [0.05, 0.1) is 11.0 Å². The maximum Gasteiger partial charge on any atom is 0.135 e. The highest BCUT2D eigenvalue weighted by Gasteiger charge is 2.19. The Hall–Kier alpha value is -8.92. The molecule has 0 saturated carbocycles. The molecule has 314 valence electrons. The molecule has 0 unspecified atom stereocenters. The summed E-state index contributed by atoms with van der Waals surface area (Å²) in [6.07, 6.45) is 0. The second-order valence-corrected chi connectivity index (χ2v) is 17.3. The first-order valence-corrected chi connectivity index (χ1v) is 22.9. The Morgan fingerprint density at radius 3 is 1.73 bits per heavy atom. The van der Waals surface area contributed by atoms with Gasteiger partial charge >= 0.3 is 0 Å². The van der Waals surface area contributed by atoms with E-state index in [9.17, 15) is 0 Å². The molecule has 0 atom stereocenters. The van der Waals surface area contributed by atoms with Crippen LogP contribution in [0.15, 0.2) is 259 Å². The number of fused-ring (bicyclic) bond motifs is 7. The molecule has 67 heavy (non-hydrogen) atoms. The van der Waals surface area contributed by atoms with Crippen LogP contribution >= 0.6 is 0 Å². The molecule has 2 heterocycles. The summed E-state index contributed by atoms with van der Waals surface area (Å²) in [7, 11) is 0. The lowest BCUT2D eigenvalue weighted by molar-refractivity contribution is 0.669. The maximum atomic E-state index is 6.33. The van der Waals surface area contributed by atoms with Crippen LogP contribution in [0.25, 0.3) is 105 Å². The van der Waals surface area contributed by atoms with Gasteiger partial charge in [0, 0.05) is 44.3 Å². The number of benzene rings is 11. The van der Waals surface area contributed by atoms with Gasteiger partial charge in [0.25, 0.3) is 0 Å². The van der Waals surface area contributed by atoms with Crippen LogP contribution in [0.1, 0.15) is 0 Å². The summed E-state index contributed by atoms with van der Waals surface area (Å²) in [6.45, 7) is 0. The van der Waals surface area contributed by atoms with Crippen LogP contribution in [0, 0.1) is 0 Å². The van der Waals surface area contributed by atoms with E-state index in [0.717, 1.165) is 78.1 Å². The molecular weight excluding hydrogens is 813 g/mol. The van der Waals surface area contributed by atoms with Gasteiger partial charge in [-0.05, 0) is 146 Å². The van der Waals surface area contributed by atoms with E-state index in [-0.39, 0.29) is 0 Å². The molecule has 11 aromatic carbocycles. The molecule has 0 saturated heterocycles. The van der Waals surface area contributed by atoms with E-state index < -0.39 is 0 Å². The summed E-state index contributed by atoms with van der Waals surface area (Å²) in [4.78, 5) is 2.36. The Kier molecular flexibility index (Phi) is 9.17. The van der Waals surface area contributed by atoms with Crippen molar-refractivity contribution in [2.75, 3.05) is 4.90 Å². The number of rotatable bonds is 8. The van der Waals surface area contributed by atoms with Gasteiger partial charge in [-0.15, -0.1) is 0 Å². The number of furan rings is 1. The lowest BCUT2D eigenvalue weighted by Gasteiger charge is -2.26. The number of para-hydroxylation sites is 3. The Morgan fingerprint density at radius 2 is 0.866 bits per heavy atom. The molecule has 0 aliphatic heterocycles. The fourth-order valence-corrected chi connectivity index (χ4v) is 10.1. The van der Waals surface area contributed by atoms with Gasteiger partial charge < -0.3 is 13.9 Å². The third-order valence-corrected chi connectivity index (χ3v) is 13.4. The summed E-state index contributed by atoms with van der Waals surface area (Å²) >= 11 is 0. The highest BCUT2D eigenvalue weighted by atomic mass is 16.3. The van der Waals surface area contributed by atoms with E-state index in [0.29, 0.717) is 0 Å². The lowest BCUT2D eigenvalue weighted by atomic mass is 9.90. The summed E-state index contributed by atoms with van der Waals surface area (Å²) < 4.78 is 8.73. The Morgan fingerprint density at radius 1 is 0.284 bits per heavy atom. The van der Waals surface area contributed by atoms with Crippen molar-refractivity contribution in [1.29, 1.82) is 0 Å². The van der Waals surface area contributed by atoms with Crippen LogP contribution in [0.4, 0.5) is 17.1 Å². The van der Waals surface area contributed by atoms with Crippen LogP contribution in [0.3, 0.4) is 0 Å². The quantitative estimate of drug-likeness (QED) is 0.152. The van der Waals surface area contributed by atoms with Gasteiger partial charge in [-0.1, -0.05) is 164 Å². The zero-order valence-corrected chi connectivity index (χ0v) is 36.6. The molecule has 0 aliphatic carbocycles. The number of aromatic nitrogens is 1. The van der Waals surface area contributed by atoms with Gasteiger partial charge in [0.15, 0.2) is 0 Å². The Bertz CT molecular complexity index is 3980. The van der Waals surface area contributed by atoms with E-state index in [4.69, 9.17) is 4.42 Å². The van der Waals surface area contributed by atoms with Crippen molar-refractivity contribution in [3.05, 3.63) is 255 Å². The zero-order valence-electron chi connectivity index (χ0n) is 36.6. The molecule has 0 bridgehead atoms. The normalized spacial score (nSPS) is 11.6. The first kappa shape index (κ1) is 38.5. The molecule has 3 heteroatoms. The van der Waals surface area contributed by atoms with Crippen molar-refractivity contribution in [2.45, 2.75) is 0 Å². The van der Waals surface area contributed by atoms with Crippen molar-refractivity contribution in [1.82, 2.24) is 4.57 Å². The molecule has 0 N–H and O–H groups in total. The van der Waals surface area contributed by atoms with E-state index >= 15 is 0 Å². The van der Waals surface area contributed by atoms with Crippen molar-refractivity contribution in [2.24, 2.45) is 0 Å². The molecular formula is C64H42N2O. The smallest absolute Gasteiger partial charge is 0.135 e. The SMILES string of the molecule is c1ccc(-c2ccc(-n3c4ccccc4c4cc(-c5ccc(-c6cccc(N(c7ccccc7)c7ccc8ccccc8c7)c6)c(-c6ccc7oc8ccccc8c7c6)c5)ccc43)cc2)cc1. The molecule has 0 fully saturated rings. The molecule has 13 rings (SSSR count). The lowest BCUT2D eigenvalue weighted by Crippen LogP contribution is -2.09. The predicted molar refractivity (Wildman–Crippen MR) is 282 cm³/mol. The predicted octanol–water partition coefficient (Wildman–Crippen LogP) is 18.0. The van der Waals surface area contributed by atoms with Crippen molar-refractivity contribution >= 4 is 71.6 Å². The number of hydrogen-bond donors (Lipinski definition) is 0. The first-order valence-electron chi connectivity index (χ1n) is 22.9. The average Bonchev–Trinajstić information content (AvgIpc) is 3.94. The van der Waals surface area contributed by atoms with Crippen LogP contribution in [0.2, 0.25) is 0 Å². The van der Waals surface area contributed by atoms with E-state index in [1.165, 1.54) is 43.7 Å². The second-order valence-electron chi connectivity index (χ2n) is 17.3. The molecule has 2 aromatic heterocycles. The van der Waals surface area contributed by atoms with Crippen LogP contribution in [-0.4, -0.2) is 4.57 Å². The van der Waals surface area contributed by atoms with Crippen LogP contribution < -0.4 is 4.90 Å². The zero-order chi connectivity index (χ0) is 44.3. The van der Waals surface area contributed by atoms with Crippen molar-refractivity contribution in [3.8, 4) is 50.2 Å². The highest BCUT2D eigenvalue weighted by molar-refractivity contribution is 6.11. The molecule has 13 aromatic rings. The Balaban J connectivity index is 0.964. The van der Waals surface area contributed by atoms with Gasteiger partial charge in [0.1, 0.15) is 11.2 Å². The number of hydrogen-bond acceptors (Lipinski definition) is 2. The number of nitrogens with zero attached hydrogens (tertiary/aromatic N) is 2. The van der Waals surface area contributed by atoms with Gasteiger partial charge in [-0.2, -0.15) is 0 Å². The van der Waals surface area contributed by atoms with Crippen molar-refractivity contribution in [3.63, 3.8) is 0 Å². The molecule has 0 amide bonds. The number of anilines is 3. The topological polar surface area (TPSA) is 21.3 Å². The fraction of sp³-hybridized carbons (Fsp3) is 0. The summed E-state index contributed by atoms with van der Waals surface area (Å²) in [5, 5.41) is 7.10. The van der Waals surface area contributed by atoms with E-state index in [1.54, 1.807) is 0 Å². The molecule has 0 radical (unpaired) electrons. The monoisotopic (exact) mass is 854 g/mol. The van der Waals surface area contributed by atoms with Crippen molar-refractivity contribution < 1.29 is 4.42 Å². The Labute approximate surface area is 388 Å². The second kappa shape index (κ2) is 16.0. The highest BCUT2D eigenvalue weighted by Crippen LogP contribution is 2.43. The largest absolute Gasteiger partial charge is 0.456 e. The first-order chi connectivity index (χ1) is 33.2. The third kappa shape index (κ3) is 6.76. The van der Waals surface area contributed by atoms with Crippen LogP contribution in [-0.2, 0) is 0 Å².